The van der Waals surface area contributed by atoms with Crippen LogP contribution in [0.3, 0.4) is 0 Å². The minimum Gasteiger partial charge on any atom is -0.315 e. The number of nitrogens with zero attached hydrogens (tertiary/aromatic N) is 1. The van der Waals surface area contributed by atoms with Crippen LogP contribution < -0.4 is 5.32 Å². The summed E-state index contributed by atoms with van der Waals surface area (Å²) >= 11 is 0. The van der Waals surface area contributed by atoms with E-state index in [-0.39, 0.29) is 6.04 Å². The van der Waals surface area contributed by atoms with E-state index in [2.05, 4.69) is 5.32 Å². The monoisotopic (exact) mass is 308 g/mol. The van der Waals surface area contributed by atoms with Crippen molar-refractivity contribution in [2.45, 2.75) is 23.5 Å². The predicted octanol–water partition coefficient (Wildman–Crippen LogP) is 1.69. The predicted molar refractivity (Wildman–Crippen MR) is 67.7 cm³/mol. The average molecular weight is 308 g/mol. The van der Waals surface area contributed by atoms with Gasteiger partial charge in [0.15, 0.2) is 0 Å². The molecule has 1 aliphatic heterocycles. The van der Waals surface area contributed by atoms with Crippen molar-refractivity contribution in [3.8, 4) is 0 Å². The first kappa shape index (κ1) is 15.3. The molecule has 0 bridgehead atoms. The molecule has 1 aliphatic rings. The summed E-state index contributed by atoms with van der Waals surface area (Å²) in [6.07, 6.45) is -4.11. The Morgan fingerprint density at radius 1 is 1.30 bits per heavy atom. The maximum absolute atomic E-state index is 12.9. The highest BCUT2D eigenvalue weighted by Crippen LogP contribution is 2.35. The van der Waals surface area contributed by atoms with Crippen LogP contribution in [0.1, 0.15) is 12.0 Å². The zero-order valence-corrected chi connectivity index (χ0v) is 11.6. The van der Waals surface area contributed by atoms with Gasteiger partial charge in [-0.3, -0.25) is 0 Å². The molecule has 0 spiro atoms. The maximum Gasteiger partial charge on any atom is 0.417 e. The Morgan fingerprint density at radius 2 is 1.95 bits per heavy atom. The largest absolute Gasteiger partial charge is 0.417 e. The van der Waals surface area contributed by atoms with Gasteiger partial charge in [0.25, 0.3) is 0 Å². The molecule has 1 atom stereocenters. The molecule has 0 radical (unpaired) electrons. The van der Waals surface area contributed by atoms with Gasteiger partial charge >= 0.3 is 6.18 Å². The first-order valence-corrected chi connectivity index (χ1v) is 7.53. The van der Waals surface area contributed by atoms with Gasteiger partial charge in [-0.05, 0) is 25.1 Å². The summed E-state index contributed by atoms with van der Waals surface area (Å²) in [4.78, 5) is -0.693. The number of hydrogen-bond acceptors (Lipinski definition) is 3. The molecule has 0 amide bonds. The molecule has 0 unspecified atom stereocenters. The Bertz CT molecular complexity index is 581. The fourth-order valence-corrected chi connectivity index (χ4v) is 3.82. The standard InChI is InChI=1S/C12H15F3N2O2S/c1-17(9-6-7-16-8-9)20(18,19)11-5-3-2-4-10(11)12(13,14)15/h2-5,9,16H,6-8H2,1H3/t9-/m1/s1. The maximum atomic E-state index is 12.9. The number of rotatable bonds is 3. The second-order valence-electron chi connectivity index (χ2n) is 4.66. The summed E-state index contributed by atoms with van der Waals surface area (Å²) in [5.74, 6) is 0. The number of likely N-dealkylation sites (N-methyl/N-ethyl adjacent to an activating group) is 1. The molecule has 1 heterocycles. The molecule has 0 saturated carbocycles. The lowest BCUT2D eigenvalue weighted by Crippen LogP contribution is -2.39. The van der Waals surface area contributed by atoms with Crippen LogP contribution in [0, 0.1) is 0 Å². The molecule has 1 aromatic carbocycles. The Balaban J connectivity index is 2.44. The minimum absolute atomic E-state index is 0.318. The fraction of sp³-hybridized carbons (Fsp3) is 0.500. The van der Waals surface area contributed by atoms with Gasteiger partial charge in [-0.1, -0.05) is 12.1 Å². The minimum atomic E-state index is -4.70. The molecule has 112 valence electrons. The first-order chi connectivity index (χ1) is 9.24. The Labute approximate surface area is 115 Å². The van der Waals surface area contributed by atoms with E-state index in [0.29, 0.717) is 19.5 Å². The number of hydrogen-bond donors (Lipinski definition) is 1. The second-order valence-corrected chi connectivity index (χ2v) is 6.63. The molecule has 1 N–H and O–H groups in total. The molecule has 0 aromatic heterocycles. The Kier molecular flexibility index (Phi) is 4.08. The number of sulfonamides is 1. The van der Waals surface area contributed by atoms with Crippen LogP contribution in [0.15, 0.2) is 29.2 Å². The van der Waals surface area contributed by atoms with Crippen molar-refractivity contribution in [1.82, 2.24) is 9.62 Å². The van der Waals surface area contributed by atoms with Gasteiger partial charge in [0, 0.05) is 19.6 Å². The molecule has 20 heavy (non-hydrogen) atoms. The normalized spacial score (nSPS) is 20.6. The molecule has 2 rings (SSSR count). The van der Waals surface area contributed by atoms with Gasteiger partial charge in [-0.15, -0.1) is 0 Å². The van der Waals surface area contributed by atoms with E-state index in [4.69, 9.17) is 0 Å². The van der Waals surface area contributed by atoms with Gasteiger partial charge in [-0.2, -0.15) is 17.5 Å². The average Bonchev–Trinajstić information content (AvgIpc) is 2.90. The summed E-state index contributed by atoms with van der Waals surface area (Å²) in [5, 5.41) is 2.99. The highest BCUT2D eigenvalue weighted by Gasteiger charge is 2.39. The topological polar surface area (TPSA) is 49.4 Å². The smallest absolute Gasteiger partial charge is 0.315 e. The molecule has 0 aliphatic carbocycles. The number of nitrogens with one attached hydrogen (secondary N) is 1. The van der Waals surface area contributed by atoms with E-state index < -0.39 is 26.7 Å². The van der Waals surface area contributed by atoms with Crippen molar-refractivity contribution in [3.63, 3.8) is 0 Å². The zero-order valence-electron chi connectivity index (χ0n) is 10.8. The Hall–Kier alpha value is -1.12. The van der Waals surface area contributed by atoms with Crippen LogP contribution in [0.25, 0.3) is 0 Å². The summed E-state index contributed by atoms with van der Waals surface area (Å²) in [6.45, 7) is 1.11. The van der Waals surface area contributed by atoms with Crippen molar-refractivity contribution in [2.75, 3.05) is 20.1 Å². The first-order valence-electron chi connectivity index (χ1n) is 6.09. The second kappa shape index (κ2) is 5.34. The third kappa shape index (κ3) is 2.82. The lowest BCUT2D eigenvalue weighted by Gasteiger charge is -2.24. The summed E-state index contributed by atoms with van der Waals surface area (Å²) < 4.78 is 64.6. The molecule has 8 heteroatoms. The van der Waals surface area contributed by atoms with Crippen LogP contribution >= 0.6 is 0 Å². The van der Waals surface area contributed by atoms with Gasteiger partial charge in [0.1, 0.15) is 0 Å². The van der Waals surface area contributed by atoms with Crippen molar-refractivity contribution >= 4 is 10.0 Å². The van der Waals surface area contributed by atoms with Gasteiger partial charge in [0.05, 0.1) is 10.5 Å². The molecular formula is C12H15F3N2O2S. The van der Waals surface area contributed by atoms with Gasteiger partial charge < -0.3 is 5.32 Å². The summed E-state index contributed by atoms with van der Waals surface area (Å²) in [5.41, 5.74) is -1.13. The molecule has 1 fully saturated rings. The third-order valence-electron chi connectivity index (χ3n) is 3.40. The quantitative estimate of drug-likeness (QED) is 0.924. The van der Waals surface area contributed by atoms with E-state index in [9.17, 15) is 21.6 Å². The number of benzene rings is 1. The number of alkyl halides is 3. The Morgan fingerprint density at radius 3 is 2.50 bits per heavy atom. The van der Waals surface area contributed by atoms with E-state index in [1.807, 2.05) is 0 Å². The van der Waals surface area contributed by atoms with Gasteiger partial charge in [-0.25, -0.2) is 8.42 Å². The summed E-state index contributed by atoms with van der Waals surface area (Å²) in [7, 11) is -2.84. The fourth-order valence-electron chi connectivity index (χ4n) is 2.23. The third-order valence-corrected chi connectivity index (χ3v) is 5.37. The van der Waals surface area contributed by atoms with Crippen LogP contribution in [-0.2, 0) is 16.2 Å². The van der Waals surface area contributed by atoms with Crippen LogP contribution in [0.5, 0.6) is 0 Å². The van der Waals surface area contributed by atoms with E-state index in [1.54, 1.807) is 0 Å². The molecule has 1 saturated heterocycles. The molecule has 1 aromatic rings. The van der Waals surface area contributed by atoms with Gasteiger partial charge in [0.2, 0.25) is 10.0 Å². The number of halogens is 3. The summed E-state index contributed by atoms with van der Waals surface area (Å²) in [6, 6.07) is 3.94. The SMILES string of the molecule is CN([C@@H]1CCNC1)S(=O)(=O)c1ccccc1C(F)(F)F. The zero-order chi connectivity index (χ0) is 15.0. The van der Waals surface area contributed by atoms with E-state index in [0.717, 1.165) is 16.4 Å². The highest BCUT2D eigenvalue weighted by atomic mass is 32.2. The molecule has 4 nitrogen and oxygen atoms in total. The highest BCUT2D eigenvalue weighted by molar-refractivity contribution is 7.89. The van der Waals surface area contributed by atoms with Crippen molar-refractivity contribution < 1.29 is 21.6 Å². The van der Waals surface area contributed by atoms with E-state index >= 15 is 0 Å². The van der Waals surface area contributed by atoms with Crippen molar-refractivity contribution in [1.29, 1.82) is 0 Å². The van der Waals surface area contributed by atoms with Crippen LogP contribution in [-0.4, -0.2) is 38.9 Å². The molecular weight excluding hydrogens is 293 g/mol. The van der Waals surface area contributed by atoms with Crippen molar-refractivity contribution in [2.24, 2.45) is 0 Å². The lowest BCUT2D eigenvalue weighted by molar-refractivity contribution is -0.139. The van der Waals surface area contributed by atoms with Crippen LogP contribution in [0.2, 0.25) is 0 Å². The lowest BCUT2D eigenvalue weighted by atomic mass is 10.2. The van der Waals surface area contributed by atoms with Crippen LogP contribution in [0.4, 0.5) is 13.2 Å². The van der Waals surface area contributed by atoms with Crippen molar-refractivity contribution in [3.05, 3.63) is 29.8 Å². The van der Waals surface area contributed by atoms with E-state index in [1.165, 1.54) is 19.2 Å².